The molecule has 0 saturated carbocycles. The SMILES string of the molecule is CN(C)c1cccc(N/C=C(/C#N)C(=O)NCCN2CCNCC2)c1. The fourth-order valence-corrected chi connectivity index (χ4v) is 2.54. The van der Waals surface area contributed by atoms with Gasteiger partial charge in [-0.1, -0.05) is 6.07 Å². The van der Waals surface area contributed by atoms with Crippen molar-refractivity contribution >= 4 is 17.3 Å². The maximum atomic E-state index is 12.1. The number of nitrogens with one attached hydrogen (secondary N) is 3. The Morgan fingerprint density at radius 1 is 1.40 bits per heavy atom. The highest BCUT2D eigenvalue weighted by molar-refractivity contribution is 5.97. The summed E-state index contributed by atoms with van der Waals surface area (Å²) in [5.41, 5.74) is 1.93. The molecule has 1 amide bonds. The van der Waals surface area contributed by atoms with Crippen LogP contribution < -0.4 is 20.9 Å². The third kappa shape index (κ3) is 6.10. The summed E-state index contributed by atoms with van der Waals surface area (Å²) in [4.78, 5) is 16.4. The second kappa shape index (κ2) is 9.67. The standard InChI is InChI=1S/C18H26N6O/c1-23(2)17-5-3-4-16(12-17)22-14-15(13-19)18(25)21-8-11-24-9-6-20-7-10-24/h3-5,12,14,20,22H,6-11H2,1-2H3,(H,21,25)/b15-14-. The number of hydrogen-bond acceptors (Lipinski definition) is 6. The van der Waals surface area contributed by atoms with Crippen LogP contribution in [0.2, 0.25) is 0 Å². The summed E-state index contributed by atoms with van der Waals surface area (Å²) in [5, 5.41) is 18.3. The summed E-state index contributed by atoms with van der Waals surface area (Å²) >= 11 is 0. The molecule has 2 rings (SSSR count). The quantitative estimate of drug-likeness (QED) is 0.497. The number of nitriles is 1. The number of nitrogens with zero attached hydrogens (tertiary/aromatic N) is 3. The predicted octanol–water partition coefficient (Wildman–Crippen LogP) is 0.593. The van der Waals surface area contributed by atoms with Gasteiger partial charge in [-0.3, -0.25) is 9.69 Å². The van der Waals surface area contributed by atoms with Crippen molar-refractivity contribution in [3.63, 3.8) is 0 Å². The van der Waals surface area contributed by atoms with Crippen molar-refractivity contribution in [1.82, 2.24) is 15.5 Å². The average Bonchev–Trinajstić information content (AvgIpc) is 2.63. The first-order valence-corrected chi connectivity index (χ1v) is 8.45. The summed E-state index contributed by atoms with van der Waals surface area (Å²) in [7, 11) is 3.92. The molecule has 1 heterocycles. The van der Waals surface area contributed by atoms with Crippen LogP contribution in [0.25, 0.3) is 0 Å². The first kappa shape index (κ1) is 18.8. The van der Waals surface area contributed by atoms with Crippen LogP contribution in [0.4, 0.5) is 11.4 Å². The van der Waals surface area contributed by atoms with Crippen molar-refractivity contribution in [2.24, 2.45) is 0 Å². The van der Waals surface area contributed by atoms with Gasteiger partial charge in [0, 0.05) is 70.9 Å². The van der Waals surface area contributed by atoms with Crippen LogP contribution >= 0.6 is 0 Å². The number of piperazine rings is 1. The molecule has 0 aliphatic carbocycles. The summed E-state index contributed by atoms with van der Waals surface area (Å²) < 4.78 is 0. The largest absolute Gasteiger partial charge is 0.378 e. The van der Waals surface area contributed by atoms with E-state index in [9.17, 15) is 10.1 Å². The van der Waals surface area contributed by atoms with Gasteiger partial charge in [0.1, 0.15) is 11.6 Å². The van der Waals surface area contributed by atoms with E-state index in [1.807, 2.05) is 49.3 Å². The van der Waals surface area contributed by atoms with Crippen LogP contribution in [0.3, 0.4) is 0 Å². The van der Waals surface area contributed by atoms with Crippen molar-refractivity contribution in [1.29, 1.82) is 5.26 Å². The second-order valence-electron chi connectivity index (χ2n) is 6.11. The van der Waals surface area contributed by atoms with Crippen LogP contribution in [0.5, 0.6) is 0 Å². The monoisotopic (exact) mass is 342 g/mol. The van der Waals surface area contributed by atoms with Gasteiger partial charge in [0.05, 0.1) is 0 Å². The van der Waals surface area contributed by atoms with E-state index in [2.05, 4.69) is 20.9 Å². The van der Waals surface area contributed by atoms with Crippen LogP contribution in [-0.4, -0.2) is 64.2 Å². The van der Waals surface area contributed by atoms with Gasteiger partial charge in [0.15, 0.2) is 0 Å². The first-order valence-electron chi connectivity index (χ1n) is 8.45. The number of anilines is 2. The number of amides is 1. The summed E-state index contributed by atoms with van der Waals surface area (Å²) in [6.07, 6.45) is 1.45. The molecule has 25 heavy (non-hydrogen) atoms. The molecule has 7 nitrogen and oxygen atoms in total. The van der Waals surface area contributed by atoms with Gasteiger partial charge < -0.3 is 20.9 Å². The predicted molar refractivity (Wildman–Crippen MR) is 100 cm³/mol. The highest BCUT2D eigenvalue weighted by Crippen LogP contribution is 2.17. The van der Waals surface area contributed by atoms with Gasteiger partial charge in [-0.05, 0) is 18.2 Å². The van der Waals surface area contributed by atoms with E-state index in [-0.39, 0.29) is 11.5 Å². The number of carbonyl (C=O) groups is 1. The third-order valence-corrected chi connectivity index (χ3v) is 4.03. The maximum absolute atomic E-state index is 12.1. The second-order valence-corrected chi connectivity index (χ2v) is 6.11. The Bertz CT molecular complexity index is 643. The van der Waals surface area contributed by atoms with Crippen LogP contribution in [0.1, 0.15) is 0 Å². The number of benzene rings is 1. The van der Waals surface area contributed by atoms with Gasteiger partial charge in [-0.25, -0.2) is 0 Å². The average molecular weight is 342 g/mol. The van der Waals surface area contributed by atoms with Gasteiger partial charge in [-0.15, -0.1) is 0 Å². The molecule has 0 spiro atoms. The number of hydrogen-bond donors (Lipinski definition) is 3. The zero-order chi connectivity index (χ0) is 18.1. The van der Waals surface area contributed by atoms with Crippen LogP contribution in [0.15, 0.2) is 36.0 Å². The molecule has 1 aliphatic heterocycles. The smallest absolute Gasteiger partial charge is 0.263 e. The molecule has 1 fully saturated rings. The molecule has 1 saturated heterocycles. The summed E-state index contributed by atoms with van der Waals surface area (Å²) in [6, 6.07) is 9.70. The lowest BCUT2D eigenvalue weighted by atomic mass is 10.2. The van der Waals surface area contributed by atoms with Crippen molar-refractivity contribution in [3.8, 4) is 6.07 Å². The molecule has 0 unspecified atom stereocenters. The Balaban J connectivity index is 1.85. The normalized spacial score (nSPS) is 15.3. The Labute approximate surface area is 149 Å². The van der Waals surface area contributed by atoms with Crippen LogP contribution in [-0.2, 0) is 4.79 Å². The first-order chi connectivity index (χ1) is 12.1. The lowest BCUT2D eigenvalue weighted by Gasteiger charge is -2.27. The fraction of sp³-hybridized carbons (Fsp3) is 0.444. The van der Waals surface area contributed by atoms with E-state index >= 15 is 0 Å². The molecule has 1 aromatic carbocycles. The molecule has 0 aromatic heterocycles. The van der Waals surface area contributed by atoms with E-state index in [1.54, 1.807) is 0 Å². The van der Waals surface area contributed by atoms with Gasteiger partial charge >= 0.3 is 0 Å². The molecular formula is C18H26N6O. The molecule has 1 aromatic rings. The molecular weight excluding hydrogens is 316 g/mol. The minimum absolute atomic E-state index is 0.0653. The minimum Gasteiger partial charge on any atom is -0.378 e. The molecule has 134 valence electrons. The van der Waals surface area contributed by atoms with E-state index in [1.165, 1.54) is 6.20 Å². The summed E-state index contributed by atoms with van der Waals surface area (Å²) in [6.45, 7) is 5.26. The van der Waals surface area contributed by atoms with Gasteiger partial charge in [-0.2, -0.15) is 5.26 Å². The van der Waals surface area contributed by atoms with E-state index in [0.717, 1.165) is 44.1 Å². The maximum Gasteiger partial charge on any atom is 0.263 e. The number of carbonyl (C=O) groups excluding carboxylic acids is 1. The lowest BCUT2D eigenvalue weighted by Crippen LogP contribution is -2.46. The van der Waals surface area contributed by atoms with Gasteiger partial charge in [0.2, 0.25) is 0 Å². The van der Waals surface area contributed by atoms with Crippen molar-refractivity contribution in [2.45, 2.75) is 0 Å². The molecule has 0 atom stereocenters. The molecule has 1 aliphatic rings. The number of rotatable bonds is 7. The van der Waals surface area contributed by atoms with Crippen molar-refractivity contribution in [2.75, 3.05) is 63.6 Å². The Morgan fingerprint density at radius 2 is 2.16 bits per heavy atom. The van der Waals surface area contributed by atoms with Gasteiger partial charge in [0.25, 0.3) is 5.91 Å². The Kier molecular flexibility index (Phi) is 7.26. The highest BCUT2D eigenvalue weighted by Gasteiger charge is 2.11. The van der Waals surface area contributed by atoms with Crippen molar-refractivity contribution in [3.05, 3.63) is 36.0 Å². The van der Waals surface area contributed by atoms with Crippen molar-refractivity contribution < 1.29 is 4.79 Å². The lowest BCUT2D eigenvalue weighted by molar-refractivity contribution is -0.117. The zero-order valence-corrected chi connectivity index (χ0v) is 14.9. The Morgan fingerprint density at radius 3 is 2.84 bits per heavy atom. The molecule has 0 bridgehead atoms. The Hall–Kier alpha value is -2.56. The topological polar surface area (TPSA) is 83.4 Å². The van der Waals surface area contributed by atoms with Crippen LogP contribution in [0, 0.1) is 11.3 Å². The third-order valence-electron chi connectivity index (χ3n) is 4.03. The summed E-state index contributed by atoms with van der Waals surface area (Å²) in [5.74, 6) is -0.353. The minimum atomic E-state index is -0.353. The highest BCUT2D eigenvalue weighted by atomic mass is 16.1. The fourth-order valence-electron chi connectivity index (χ4n) is 2.54. The van der Waals surface area contributed by atoms with E-state index in [4.69, 9.17) is 0 Å². The molecule has 0 radical (unpaired) electrons. The zero-order valence-electron chi connectivity index (χ0n) is 14.9. The molecule has 3 N–H and O–H groups in total. The molecule has 7 heteroatoms. The van der Waals surface area contributed by atoms with E-state index < -0.39 is 0 Å². The van der Waals surface area contributed by atoms with E-state index in [0.29, 0.717) is 6.54 Å².